The first-order chi connectivity index (χ1) is 10.1. The van der Waals surface area contributed by atoms with Crippen molar-refractivity contribution in [2.75, 3.05) is 6.54 Å². The number of hydrogen-bond donors (Lipinski definition) is 2. The maximum atomic E-state index is 12.4. The van der Waals surface area contributed by atoms with Gasteiger partial charge in [0.05, 0.1) is 4.90 Å². The fraction of sp³-hybridized carbons (Fsp3) is 0.625. The van der Waals surface area contributed by atoms with Crippen LogP contribution in [0.25, 0.3) is 0 Å². The Labute approximate surface area is 128 Å². The molecule has 4 nitrogen and oxygen atoms in total. The van der Waals surface area contributed by atoms with Crippen LogP contribution in [0, 0.1) is 0 Å². The Bertz CT molecular complexity index is 539. The van der Waals surface area contributed by atoms with Gasteiger partial charge in [-0.1, -0.05) is 44.4 Å². The Morgan fingerprint density at radius 3 is 2.62 bits per heavy atom. The normalized spacial score (nSPS) is 15.3. The molecule has 0 saturated heterocycles. The fourth-order valence-corrected chi connectivity index (χ4v) is 3.60. The summed E-state index contributed by atoms with van der Waals surface area (Å²) in [6.45, 7) is 3.29. The average Bonchev–Trinajstić information content (AvgIpc) is 3.29. The lowest BCUT2D eigenvalue weighted by atomic mass is 10.2. The molecular weight excluding hydrogens is 284 g/mol. The molecule has 1 aliphatic rings. The van der Waals surface area contributed by atoms with Crippen molar-refractivity contribution in [3.8, 4) is 0 Å². The molecule has 1 saturated carbocycles. The molecular formula is C16H26N2O2S. The zero-order valence-electron chi connectivity index (χ0n) is 12.8. The van der Waals surface area contributed by atoms with Crippen LogP contribution in [0.1, 0.15) is 51.0 Å². The molecule has 1 aromatic carbocycles. The van der Waals surface area contributed by atoms with Crippen molar-refractivity contribution in [3.63, 3.8) is 0 Å². The first-order valence-corrected chi connectivity index (χ1v) is 9.43. The molecule has 1 aromatic rings. The van der Waals surface area contributed by atoms with E-state index in [0.29, 0.717) is 24.0 Å². The molecule has 5 heteroatoms. The van der Waals surface area contributed by atoms with Gasteiger partial charge < -0.3 is 5.32 Å². The Hall–Kier alpha value is -0.910. The van der Waals surface area contributed by atoms with E-state index < -0.39 is 10.0 Å². The van der Waals surface area contributed by atoms with Gasteiger partial charge in [0.2, 0.25) is 10.0 Å². The molecule has 118 valence electrons. The number of benzene rings is 1. The number of hydrogen-bond acceptors (Lipinski definition) is 3. The van der Waals surface area contributed by atoms with E-state index in [4.69, 9.17) is 0 Å². The molecule has 0 amide bonds. The van der Waals surface area contributed by atoms with Crippen molar-refractivity contribution in [1.29, 1.82) is 0 Å². The quantitative estimate of drug-likeness (QED) is 0.653. The Morgan fingerprint density at radius 1 is 1.14 bits per heavy atom. The summed E-state index contributed by atoms with van der Waals surface area (Å²) in [5, 5.41) is 3.38. The minimum Gasteiger partial charge on any atom is -0.310 e. The van der Waals surface area contributed by atoms with Crippen LogP contribution in [0.4, 0.5) is 0 Å². The summed E-state index contributed by atoms with van der Waals surface area (Å²) in [6.07, 6.45) is 6.68. The van der Waals surface area contributed by atoms with Gasteiger partial charge in [0.1, 0.15) is 0 Å². The van der Waals surface area contributed by atoms with Gasteiger partial charge >= 0.3 is 0 Å². The minimum atomic E-state index is -3.40. The molecule has 0 radical (unpaired) electrons. The summed E-state index contributed by atoms with van der Waals surface area (Å²) in [4.78, 5) is 0.411. The summed E-state index contributed by atoms with van der Waals surface area (Å²) < 4.78 is 27.5. The van der Waals surface area contributed by atoms with E-state index >= 15 is 0 Å². The lowest BCUT2D eigenvalue weighted by Gasteiger charge is -2.12. The van der Waals surface area contributed by atoms with Crippen LogP contribution in [-0.2, 0) is 16.6 Å². The van der Waals surface area contributed by atoms with Crippen LogP contribution in [0.15, 0.2) is 29.2 Å². The van der Waals surface area contributed by atoms with Crippen LogP contribution >= 0.6 is 0 Å². The molecule has 0 spiro atoms. The summed E-state index contributed by atoms with van der Waals surface area (Å²) in [6, 6.07) is 7.83. The first-order valence-electron chi connectivity index (χ1n) is 7.94. The fourth-order valence-electron chi connectivity index (χ4n) is 2.29. The van der Waals surface area contributed by atoms with E-state index in [0.717, 1.165) is 31.2 Å². The topological polar surface area (TPSA) is 58.2 Å². The third-order valence-corrected chi connectivity index (χ3v) is 5.30. The van der Waals surface area contributed by atoms with Gasteiger partial charge in [-0.15, -0.1) is 0 Å². The highest BCUT2D eigenvalue weighted by Crippen LogP contribution is 2.21. The third kappa shape index (κ3) is 5.41. The van der Waals surface area contributed by atoms with Gasteiger partial charge in [0.25, 0.3) is 0 Å². The predicted octanol–water partition coefficient (Wildman–Crippen LogP) is 2.80. The van der Waals surface area contributed by atoms with Gasteiger partial charge in [0, 0.05) is 19.1 Å². The highest BCUT2D eigenvalue weighted by atomic mass is 32.2. The van der Waals surface area contributed by atoms with E-state index in [1.807, 2.05) is 12.1 Å². The SMILES string of the molecule is CCCCCCNS(=O)(=O)c1ccccc1CNC1CC1. The zero-order chi connectivity index (χ0) is 15.1. The second-order valence-electron chi connectivity index (χ2n) is 5.72. The average molecular weight is 310 g/mol. The van der Waals surface area contributed by atoms with Gasteiger partial charge in [-0.05, 0) is 30.9 Å². The Morgan fingerprint density at radius 2 is 1.90 bits per heavy atom. The zero-order valence-corrected chi connectivity index (χ0v) is 13.6. The molecule has 2 rings (SSSR count). The Balaban J connectivity index is 1.94. The van der Waals surface area contributed by atoms with E-state index in [1.165, 1.54) is 12.8 Å². The minimum absolute atomic E-state index is 0.411. The predicted molar refractivity (Wildman–Crippen MR) is 85.6 cm³/mol. The van der Waals surface area contributed by atoms with Crippen molar-refractivity contribution in [3.05, 3.63) is 29.8 Å². The van der Waals surface area contributed by atoms with Gasteiger partial charge in [-0.25, -0.2) is 13.1 Å². The van der Waals surface area contributed by atoms with E-state index in [2.05, 4.69) is 17.0 Å². The van der Waals surface area contributed by atoms with Crippen molar-refractivity contribution < 1.29 is 8.42 Å². The summed E-state index contributed by atoms with van der Waals surface area (Å²) >= 11 is 0. The molecule has 1 aliphatic carbocycles. The molecule has 1 fully saturated rings. The third-order valence-electron chi connectivity index (χ3n) is 3.74. The van der Waals surface area contributed by atoms with E-state index in [-0.39, 0.29) is 0 Å². The number of rotatable bonds is 10. The molecule has 0 unspecified atom stereocenters. The molecule has 0 aromatic heterocycles. The molecule has 2 N–H and O–H groups in total. The van der Waals surface area contributed by atoms with Crippen molar-refractivity contribution in [2.45, 2.75) is 62.9 Å². The second-order valence-corrected chi connectivity index (χ2v) is 7.46. The standard InChI is InChI=1S/C16H26N2O2S/c1-2-3-4-7-12-18-21(19,20)16-9-6-5-8-14(16)13-17-15-10-11-15/h5-6,8-9,15,17-18H,2-4,7,10-13H2,1H3. The summed E-state index contributed by atoms with van der Waals surface area (Å²) in [5.41, 5.74) is 0.852. The molecule has 0 aliphatic heterocycles. The maximum absolute atomic E-state index is 12.4. The molecule has 0 atom stereocenters. The van der Waals surface area contributed by atoms with Gasteiger partial charge in [0.15, 0.2) is 0 Å². The van der Waals surface area contributed by atoms with Crippen LogP contribution in [-0.4, -0.2) is 21.0 Å². The summed E-state index contributed by atoms with van der Waals surface area (Å²) in [7, 11) is -3.40. The van der Waals surface area contributed by atoms with Crippen LogP contribution in [0.3, 0.4) is 0 Å². The van der Waals surface area contributed by atoms with Gasteiger partial charge in [-0.2, -0.15) is 0 Å². The lowest BCUT2D eigenvalue weighted by molar-refractivity contribution is 0.571. The van der Waals surface area contributed by atoms with Gasteiger partial charge in [-0.3, -0.25) is 0 Å². The van der Waals surface area contributed by atoms with Crippen molar-refractivity contribution >= 4 is 10.0 Å². The Kier molecular flexibility index (Phi) is 6.21. The second kappa shape index (κ2) is 7.92. The number of unbranched alkanes of at least 4 members (excludes halogenated alkanes) is 3. The summed E-state index contributed by atoms with van der Waals surface area (Å²) in [5.74, 6) is 0. The molecule has 21 heavy (non-hydrogen) atoms. The van der Waals surface area contributed by atoms with Crippen LogP contribution in [0.5, 0.6) is 0 Å². The van der Waals surface area contributed by atoms with E-state index in [9.17, 15) is 8.42 Å². The smallest absolute Gasteiger partial charge is 0.240 e. The first kappa shape index (κ1) is 16.5. The van der Waals surface area contributed by atoms with E-state index in [1.54, 1.807) is 12.1 Å². The van der Waals surface area contributed by atoms with Crippen LogP contribution < -0.4 is 10.0 Å². The maximum Gasteiger partial charge on any atom is 0.240 e. The number of sulfonamides is 1. The molecule has 0 bridgehead atoms. The highest BCUT2D eigenvalue weighted by Gasteiger charge is 2.22. The van der Waals surface area contributed by atoms with Crippen molar-refractivity contribution in [2.24, 2.45) is 0 Å². The molecule has 0 heterocycles. The lowest BCUT2D eigenvalue weighted by Crippen LogP contribution is -2.27. The van der Waals surface area contributed by atoms with Crippen LogP contribution in [0.2, 0.25) is 0 Å². The highest BCUT2D eigenvalue weighted by molar-refractivity contribution is 7.89. The largest absolute Gasteiger partial charge is 0.310 e. The van der Waals surface area contributed by atoms with Crippen molar-refractivity contribution in [1.82, 2.24) is 10.0 Å². The number of nitrogens with one attached hydrogen (secondary N) is 2. The monoisotopic (exact) mass is 310 g/mol.